The molecule has 6 nitrogen and oxygen atoms in total. The number of anilines is 1. The third-order valence-electron chi connectivity index (χ3n) is 9.77. The van der Waals surface area contributed by atoms with E-state index in [0.29, 0.717) is 30.9 Å². The SMILES string of the molecule is COc1ccc(C=Nc2ccc3c(c2)C24CCN5CC6=CCOC7CC(=O)N3C2C7C6CC54)cc1. The zero-order valence-electron chi connectivity index (χ0n) is 19.9. The van der Waals surface area contributed by atoms with Gasteiger partial charge in [-0.15, -0.1) is 0 Å². The molecule has 1 saturated carbocycles. The molecule has 6 unspecified atom stereocenters. The third kappa shape index (κ3) is 2.56. The van der Waals surface area contributed by atoms with Crippen LogP contribution >= 0.6 is 0 Å². The third-order valence-corrected chi connectivity index (χ3v) is 9.77. The van der Waals surface area contributed by atoms with Crippen LogP contribution in [0.3, 0.4) is 0 Å². The summed E-state index contributed by atoms with van der Waals surface area (Å²) < 4.78 is 11.6. The molecule has 5 heterocycles. The van der Waals surface area contributed by atoms with Crippen LogP contribution in [0, 0.1) is 11.8 Å². The van der Waals surface area contributed by atoms with Gasteiger partial charge in [0.25, 0.3) is 0 Å². The lowest BCUT2D eigenvalue weighted by Gasteiger charge is -2.58. The van der Waals surface area contributed by atoms with E-state index in [4.69, 9.17) is 14.5 Å². The predicted octanol–water partition coefficient (Wildman–Crippen LogP) is 3.85. The lowest BCUT2D eigenvalue weighted by molar-refractivity contribution is -0.132. The van der Waals surface area contributed by atoms with E-state index in [0.717, 1.165) is 42.2 Å². The molecule has 8 rings (SSSR count). The summed E-state index contributed by atoms with van der Waals surface area (Å²) in [4.78, 5) is 23.3. The molecule has 0 radical (unpaired) electrons. The van der Waals surface area contributed by atoms with Gasteiger partial charge < -0.3 is 14.4 Å². The minimum Gasteiger partial charge on any atom is -0.497 e. The molecular weight excluding hydrogens is 438 g/mol. The highest BCUT2D eigenvalue weighted by atomic mass is 16.5. The summed E-state index contributed by atoms with van der Waals surface area (Å²) >= 11 is 0. The summed E-state index contributed by atoms with van der Waals surface area (Å²) in [6.07, 6.45) is 7.07. The highest BCUT2D eigenvalue weighted by molar-refractivity contribution is 5.99. The number of hydrogen-bond donors (Lipinski definition) is 0. The number of fused-ring (bicyclic) bond motifs is 2. The first-order valence-corrected chi connectivity index (χ1v) is 12.9. The van der Waals surface area contributed by atoms with E-state index >= 15 is 0 Å². The van der Waals surface area contributed by atoms with Crippen molar-refractivity contribution in [1.29, 1.82) is 0 Å². The molecule has 0 N–H and O–H groups in total. The summed E-state index contributed by atoms with van der Waals surface area (Å²) in [5.41, 5.74) is 5.98. The van der Waals surface area contributed by atoms with Crippen molar-refractivity contribution >= 4 is 23.5 Å². The number of rotatable bonds is 3. The van der Waals surface area contributed by atoms with Crippen LogP contribution in [-0.2, 0) is 14.9 Å². The number of benzene rings is 2. The molecule has 0 aromatic heterocycles. The Labute approximate surface area is 205 Å². The van der Waals surface area contributed by atoms with Crippen molar-refractivity contribution in [3.05, 3.63) is 65.2 Å². The van der Waals surface area contributed by atoms with Gasteiger partial charge in [0.05, 0.1) is 38.0 Å². The Hall–Kier alpha value is -2.96. The van der Waals surface area contributed by atoms with Crippen LogP contribution in [0.4, 0.5) is 11.4 Å². The molecule has 2 aromatic rings. The quantitative estimate of drug-likeness (QED) is 0.508. The Bertz CT molecular complexity index is 1300. The molecule has 6 atom stereocenters. The van der Waals surface area contributed by atoms with E-state index < -0.39 is 0 Å². The maximum Gasteiger partial charge on any atom is 0.229 e. The fourth-order valence-electron chi connectivity index (χ4n) is 8.46. The molecule has 4 fully saturated rings. The van der Waals surface area contributed by atoms with Crippen LogP contribution in [0.1, 0.15) is 30.4 Å². The first-order valence-electron chi connectivity index (χ1n) is 12.9. The van der Waals surface area contributed by atoms with Gasteiger partial charge in [-0.1, -0.05) is 11.6 Å². The van der Waals surface area contributed by atoms with Crippen molar-refractivity contribution in [2.75, 3.05) is 31.7 Å². The number of hydrogen-bond acceptors (Lipinski definition) is 5. The zero-order valence-corrected chi connectivity index (χ0v) is 19.9. The van der Waals surface area contributed by atoms with Gasteiger partial charge in [0, 0.05) is 35.8 Å². The van der Waals surface area contributed by atoms with Gasteiger partial charge in [-0.05, 0) is 78.9 Å². The number of amides is 1. The topological polar surface area (TPSA) is 54.4 Å². The number of ether oxygens (including phenoxy) is 2. The Morgan fingerprint density at radius 1 is 1.20 bits per heavy atom. The summed E-state index contributed by atoms with van der Waals surface area (Å²) in [6.45, 7) is 2.81. The summed E-state index contributed by atoms with van der Waals surface area (Å²) in [5, 5.41) is 0. The van der Waals surface area contributed by atoms with Crippen LogP contribution in [0.25, 0.3) is 0 Å². The average Bonchev–Trinajstić information content (AvgIpc) is 3.35. The molecule has 3 saturated heterocycles. The smallest absolute Gasteiger partial charge is 0.229 e. The fourth-order valence-corrected chi connectivity index (χ4v) is 8.46. The molecule has 6 aliphatic rings. The molecule has 2 bridgehead atoms. The van der Waals surface area contributed by atoms with Crippen molar-refractivity contribution in [2.24, 2.45) is 16.8 Å². The molecule has 178 valence electrons. The summed E-state index contributed by atoms with van der Waals surface area (Å²) in [6, 6.07) is 15.1. The fraction of sp³-hybridized carbons (Fsp3) is 0.448. The molecule has 1 spiro atoms. The van der Waals surface area contributed by atoms with Crippen LogP contribution in [-0.4, -0.2) is 62.0 Å². The number of carbonyl (C=O) groups excluding carboxylic acids is 1. The van der Waals surface area contributed by atoms with Gasteiger partial charge in [0.2, 0.25) is 5.91 Å². The largest absolute Gasteiger partial charge is 0.497 e. The van der Waals surface area contributed by atoms with E-state index in [9.17, 15) is 4.79 Å². The summed E-state index contributed by atoms with van der Waals surface area (Å²) in [7, 11) is 1.68. The molecule has 1 aliphatic carbocycles. The van der Waals surface area contributed by atoms with Crippen molar-refractivity contribution in [2.45, 2.75) is 42.9 Å². The predicted molar refractivity (Wildman–Crippen MR) is 134 cm³/mol. The number of nitrogens with zero attached hydrogens (tertiary/aromatic N) is 3. The summed E-state index contributed by atoms with van der Waals surface area (Å²) in [5.74, 6) is 1.99. The van der Waals surface area contributed by atoms with Gasteiger partial charge in [0.1, 0.15) is 5.75 Å². The van der Waals surface area contributed by atoms with Crippen molar-refractivity contribution in [3.63, 3.8) is 0 Å². The minimum atomic E-state index is -0.0182. The zero-order chi connectivity index (χ0) is 23.3. The molecule has 2 aromatic carbocycles. The first kappa shape index (κ1) is 20.3. The van der Waals surface area contributed by atoms with Crippen molar-refractivity contribution in [3.8, 4) is 5.75 Å². The van der Waals surface area contributed by atoms with Gasteiger partial charge in [0.15, 0.2) is 0 Å². The number of aliphatic imine (C=N–C) groups is 1. The van der Waals surface area contributed by atoms with Gasteiger partial charge >= 0.3 is 0 Å². The molecule has 5 aliphatic heterocycles. The highest BCUT2D eigenvalue weighted by Gasteiger charge is 2.71. The van der Waals surface area contributed by atoms with Gasteiger partial charge in [-0.2, -0.15) is 0 Å². The van der Waals surface area contributed by atoms with E-state index in [1.165, 1.54) is 12.0 Å². The van der Waals surface area contributed by atoms with Gasteiger partial charge in [-0.25, -0.2) is 0 Å². The van der Waals surface area contributed by atoms with Crippen LogP contribution in [0.2, 0.25) is 0 Å². The van der Waals surface area contributed by atoms with Gasteiger partial charge in [-0.3, -0.25) is 14.7 Å². The van der Waals surface area contributed by atoms with E-state index in [-0.39, 0.29) is 23.5 Å². The minimum absolute atomic E-state index is 0.0182. The van der Waals surface area contributed by atoms with Crippen molar-refractivity contribution in [1.82, 2.24) is 4.90 Å². The average molecular weight is 468 g/mol. The first-order chi connectivity index (χ1) is 17.2. The Balaban J connectivity index is 1.25. The molecule has 6 heteroatoms. The second kappa shape index (κ2) is 7.05. The van der Waals surface area contributed by atoms with E-state index in [1.807, 2.05) is 30.5 Å². The monoisotopic (exact) mass is 467 g/mol. The second-order valence-electron chi connectivity index (χ2n) is 11.0. The second-order valence-corrected chi connectivity index (χ2v) is 11.0. The van der Waals surface area contributed by atoms with Crippen LogP contribution < -0.4 is 9.64 Å². The van der Waals surface area contributed by atoms with Crippen LogP contribution in [0.15, 0.2) is 59.1 Å². The standard InChI is InChI=1S/C29H29N3O3/c1-34-20-5-2-17(3-6-20)15-30-19-4-7-23-22(12-19)29-9-10-31-16-18-8-11-35-24-14-26(33)32(23)28(29)27(24)21(18)13-25(29)31/h2-8,12,15,21,24-25,27-28H,9-11,13-14,16H2,1H3. The maximum absolute atomic E-state index is 13.6. The normalized spacial score (nSPS) is 36.3. The Kier molecular flexibility index (Phi) is 4.08. The number of methoxy groups -OCH3 is 1. The molecule has 35 heavy (non-hydrogen) atoms. The number of piperidine rings is 2. The lowest BCUT2D eigenvalue weighted by Crippen LogP contribution is -2.69. The lowest BCUT2D eigenvalue weighted by atomic mass is 9.53. The molecule has 1 amide bonds. The highest BCUT2D eigenvalue weighted by Crippen LogP contribution is 2.66. The van der Waals surface area contributed by atoms with Crippen molar-refractivity contribution < 1.29 is 14.3 Å². The Morgan fingerprint density at radius 2 is 2.09 bits per heavy atom. The van der Waals surface area contributed by atoms with E-state index in [1.54, 1.807) is 12.7 Å². The molecular formula is C29H29N3O3. The van der Waals surface area contributed by atoms with Crippen LogP contribution in [0.5, 0.6) is 5.75 Å². The van der Waals surface area contributed by atoms with E-state index in [2.05, 4.69) is 34.1 Å². The Morgan fingerprint density at radius 3 is 2.94 bits per heavy atom. The number of carbonyl (C=O) groups is 1. The maximum atomic E-state index is 13.6.